The molecule has 0 aliphatic rings. The van der Waals surface area contributed by atoms with Crippen molar-refractivity contribution in [1.82, 2.24) is 4.98 Å². The number of rotatable bonds is 9. The summed E-state index contributed by atoms with van der Waals surface area (Å²) in [6.07, 6.45) is -12.3. The molecule has 0 unspecified atom stereocenters. The van der Waals surface area contributed by atoms with Gasteiger partial charge in [-0.05, 0) is 49.3 Å². The SMILES string of the molecule is [2H]c1sc(N)nc1CC(=O)Nc1ccc(C([2H])([2H])C([2H])([2H])CC([2H])([2H])[C@H](O)c2c([2H])c([2H])c(C)c([2H])c2[2H])cc1. The Kier molecular flexibility index (Phi) is 3.83. The Bertz CT molecular complexity index is 1400. The smallest absolute Gasteiger partial charge is 0.230 e. The highest BCUT2D eigenvalue weighted by Gasteiger charge is 2.08. The number of carbonyl (C=O) groups is 1. The van der Waals surface area contributed by atoms with Crippen LogP contribution >= 0.6 is 11.3 Å². The lowest BCUT2D eigenvalue weighted by molar-refractivity contribution is -0.115. The highest BCUT2D eigenvalue weighted by molar-refractivity contribution is 7.13. The van der Waals surface area contributed by atoms with Gasteiger partial charge in [0.15, 0.2) is 5.13 Å². The van der Waals surface area contributed by atoms with E-state index in [1.807, 2.05) is 0 Å². The van der Waals surface area contributed by atoms with E-state index in [1.54, 1.807) is 0 Å². The van der Waals surface area contributed by atoms with Gasteiger partial charge in [-0.2, -0.15) is 0 Å². The number of aromatic nitrogens is 1. The molecule has 2 aromatic carbocycles. The molecule has 0 spiro atoms. The van der Waals surface area contributed by atoms with E-state index in [-0.39, 0.29) is 39.4 Å². The predicted molar refractivity (Wildman–Crippen MR) is 119 cm³/mol. The van der Waals surface area contributed by atoms with Crippen LogP contribution in [0.5, 0.6) is 0 Å². The summed E-state index contributed by atoms with van der Waals surface area (Å²) in [5.41, 5.74) is 5.19. The second-order valence-corrected chi connectivity index (χ2v) is 6.85. The summed E-state index contributed by atoms with van der Waals surface area (Å²) in [7, 11) is 0. The number of aliphatic hydroxyl groups is 1. The number of nitrogen functional groups attached to an aromatic ring is 1. The number of aryl methyl sites for hydroxylation is 1. The van der Waals surface area contributed by atoms with Crippen LogP contribution in [0.2, 0.25) is 0 Å². The topological polar surface area (TPSA) is 88.2 Å². The fraction of sp³-hybridized carbons (Fsp3) is 0.304. The van der Waals surface area contributed by atoms with Gasteiger partial charge in [-0.25, -0.2) is 4.98 Å². The van der Waals surface area contributed by atoms with E-state index in [1.165, 1.54) is 31.2 Å². The molecule has 3 rings (SSSR count). The zero-order valence-electron chi connectivity index (χ0n) is 26.6. The first-order valence-electron chi connectivity index (χ1n) is 14.2. The van der Waals surface area contributed by atoms with E-state index in [4.69, 9.17) is 20.8 Å². The maximum atomic E-state index is 12.3. The Hall–Kier alpha value is -2.70. The molecule has 0 saturated heterocycles. The van der Waals surface area contributed by atoms with Crippen LogP contribution in [0.15, 0.2) is 53.8 Å². The molecule has 0 radical (unpaired) electrons. The number of carbonyl (C=O) groups excluding carboxylic acids is 1. The van der Waals surface area contributed by atoms with Gasteiger partial charge in [0.2, 0.25) is 5.91 Å². The highest BCUT2D eigenvalue weighted by Crippen LogP contribution is 2.21. The molecule has 1 amide bonds. The van der Waals surface area contributed by atoms with Gasteiger partial charge in [0.25, 0.3) is 0 Å². The van der Waals surface area contributed by atoms with Gasteiger partial charge in [-0.1, -0.05) is 48.3 Å². The number of benzene rings is 2. The van der Waals surface area contributed by atoms with Crippen molar-refractivity contribution in [3.8, 4) is 0 Å². The summed E-state index contributed by atoms with van der Waals surface area (Å²) in [6, 6.07) is 2.86. The number of amides is 1. The summed E-state index contributed by atoms with van der Waals surface area (Å²) in [5.74, 6) is -0.502. The zero-order chi connectivity index (χ0) is 30.4. The molecule has 1 atom stereocenters. The van der Waals surface area contributed by atoms with E-state index in [2.05, 4.69) is 10.3 Å². The molecule has 0 saturated carbocycles. The lowest BCUT2D eigenvalue weighted by Crippen LogP contribution is -2.14. The molecule has 0 bridgehead atoms. The van der Waals surface area contributed by atoms with Crippen molar-refractivity contribution in [3.05, 3.63) is 76.2 Å². The van der Waals surface area contributed by atoms with E-state index >= 15 is 0 Å². The minimum atomic E-state index is -2.92. The molecule has 1 heterocycles. The summed E-state index contributed by atoms with van der Waals surface area (Å²) in [4.78, 5) is 16.2. The monoisotopic (exact) mass is 420 g/mol. The van der Waals surface area contributed by atoms with Gasteiger partial charge in [0.1, 0.15) is 0 Å². The number of hydrogen-bond donors (Lipinski definition) is 3. The van der Waals surface area contributed by atoms with Gasteiger partial charge in [-0.15, -0.1) is 11.3 Å². The predicted octanol–water partition coefficient (Wildman–Crippen LogP) is 4.66. The van der Waals surface area contributed by atoms with E-state index in [9.17, 15) is 9.90 Å². The summed E-state index contributed by atoms with van der Waals surface area (Å²) < 4.78 is 90.1. The molecule has 6 heteroatoms. The van der Waals surface area contributed by atoms with Crippen LogP contribution in [0.4, 0.5) is 10.8 Å². The third-order valence-electron chi connectivity index (χ3n) is 3.67. The van der Waals surface area contributed by atoms with Crippen molar-refractivity contribution in [1.29, 1.82) is 0 Å². The molecule has 5 nitrogen and oxygen atoms in total. The van der Waals surface area contributed by atoms with Crippen molar-refractivity contribution >= 4 is 28.1 Å². The molecule has 1 aromatic heterocycles. The molecule has 0 aliphatic carbocycles. The Labute approximate surface area is 191 Å². The average molecular weight is 421 g/mol. The average Bonchev–Trinajstić information content (AvgIpc) is 3.17. The number of thiazole rings is 1. The van der Waals surface area contributed by atoms with Gasteiger partial charge < -0.3 is 16.2 Å². The summed E-state index contributed by atoms with van der Waals surface area (Å²) in [6.45, 7) is 1.35. The molecular formula is C23H27N3O2S. The Morgan fingerprint density at radius 3 is 2.69 bits per heavy atom. The third-order valence-corrected chi connectivity index (χ3v) is 4.31. The Morgan fingerprint density at radius 1 is 1.31 bits per heavy atom. The molecule has 29 heavy (non-hydrogen) atoms. The molecule has 152 valence electrons. The van der Waals surface area contributed by atoms with Crippen LogP contribution in [0.3, 0.4) is 0 Å². The second kappa shape index (κ2) is 10.2. The fourth-order valence-electron chi connectivity index (χ4n) is 2.28. The Balaban J connectivity index is 1.79. The van der Waals surface area contributed by atoms with Crippen LogP contribution < -0.4 is 11.1 Å². The third kappa shape index (κ3) is 6.69. The standard InChI is InChI=1S/C23H27N3O2S/c1-16-6-10-18(11-7-16)21(27)5-3-2-4-17-8-12-19(13-9-17)25-22(28)14-20-15-29-23(24)26-20/h6-13,15,21,27H,2-5,14H2,1H3,(H2,24,26)(H,25,28)/t21-/m0/s1/i2D2,4D2,5D2,6D,7D,10D,11D,15D. The van der Waals surface area contributed by atoms with Crippen molar-refractivity contribution in [2.75, 3.05) is 11.1 Å². The number of nitrogens with zero attached hydrogens (tertiary/aromatic N) is 1. The summed E-state index contributed by atoms with van der Waals surface area (Å²) >= 11 is 0.930. The second-order valence-electron chi connectivity index (χ2n) is 6.03. The van der Waals surface area contributed by atoms with Gasteiger partial charge in [0.05, 0.1) is 25.1 Å². The van der Waals surface area contributed by atoms with Crippen molar-refractivity contribution in [3.63, 3.8) is 0 Å². The van der Waals surface area contributed by atoms with Gasteiger partial charge in [-0.3, -0.25) is 4.79 Å². The van der Waals surface area contributed by atoms with Crippen molar-refractivity contribution < 1.29 is 25.0 Å². The fourth-order valence-corrected chi connectivity index (χ4v) is 2.77. The maximum absolute atomic E-state index is 12.3. The summed E-state index contributed by atoms with van der Waals surface area (Å²) in [5, 5.41) is 13.5. The minimum absolute atomic E-state index is 0.00628. The number of aliphatic hydroxyl groups excluding tert-OH is 1. The van der Waals surface area contributed by atoms with E-state index < -0.39 is 67.3 Å². The largest absolute Gasteiger partial charge is 0.388 e. The normalized spacial score (nSPS) is 18.9. The van der Waals surface area contributed by atoms with Crippen LogP contribution in [-0.2, 0) is 17.6 Å². The number of hydrogen-bond acceptors (Lipinski definition) is 5. The molecule has 3 aromatic rings. The lowest BCUT2D eigenvalue weighted by Gasteiger charge is -2.11. The first kappa shape index (κ1) is 10.9. The van der Waals surface area contributed by atoms with Crippen LogP contribution in [0.1, 0.15) is 62.7 Å². The zero-order valence-corrected chi connectivity index (χ0v) is 16.4. The molecule has 0 aliphatic heterocycles. The van der Waals surface area contributed by atoms with Crippen molar-refractivity contribution in [2.24, 2.45) is 0 Å². The van der Waals surface area contributed by atoms with Crippen LogP contribution in [0, 0.1) is 6.92 Å². The highest BCUT2D eigenvalue weighted by atomic mass is 32.1. The van der Waals surface area contributed by atoms with Gasteiger partial charge >= 0.3 is 0 Å². The van der Waals surface area contributed by atoms with Crippen LogP contribution in [0.25, 0.3) is 0 Å². The Morgan fingerprint density at radius 2 is 2.03 bits per heavy atom. The number of anilines is 2. The quantitative estimate of drug-likeness (QED) is 0.470. The first-order valence-corrected chi connectivity index (χ1v) is 9.49. The van der Waals surface area contributed by atoms with Crippen molar-refractivity contribution in [2.45, 2.75) is 45.0 Å². The minimum Gasteiger partial charge on any atom is -0.388 e. The van der Waals surface area contributed by atoms with Crippen LogP contribution in [-0.4, -0.2) is 16.0 Å². The van der Waals surface area contributed by atoms with E-state index in [0.29, 0.717) is 0 Å². The number of nitrogens with one attached hydrogen (secondary N) is 1. The lowest BCUT2D eigenvalue weighted by atomic mass is 10.0. The molecule has 4 N–H and O–H groups in total. The van der Waals surface area contributed by atoms with E-state index in [0.717, 1.165) is 11.3 Å². The maximum Gasteiger partial charge on any atom is 0.230 e. The molecule has 0 fully saturated rings. The molecular weight excluding hydrogens is 382 g/mol. The number of nitrogens with two attached hydrogens (primary N) is 1. The first-order chi connectivity index (χ1) is 18.3. The van der Waals surface area contributed by atoms with Gasteiger partial charge in [0, 0.05) is 19.3 Å².